The van der Waals surface area contributed by atoms with E-state index in [1.54, 1.807) is 18.3 Å². The van der Waals surface area contributed by atoms with Crippen LogP contribution in [0.3, 0.4) is 0 Å². The van der Waals surface area contributed by atoms with E-state index in [-0.39, 0.29) is 17.5 Å². The summed E-state index contributed by atoms with van der Waals surface area (Å²) in [5.41, 5.74) is 1.76. The molecule has 1 aliphatic heterocycles. The van der Waals surface area contributed by atoms with E-state index >= 15 is 0 Å². The number of rotatable bonds is 4. The van der Waals surface area contributed by atoms with E-state index in [1.165, 1.54) is 16.4 Å². The average molecular weight is 356 g/mol. The van der Waals surface area contributed by atoms with Crippen LogP contribution in [0.15, 0.2) is 35.4 Å². The number of aromatic amines is 1. The number of sulfonamides is 1. The minimum Gasteiger partial charge on any atom is -0.395 e. The minimum absolute atomic E-state index is 0.172. The lowest BCUT2D eigenvalue weighted by atomic mass is 9.95. The Morgan fingerprint density at radius 1 is 1.39 bits per heavy atom. The van der Waals surface area contributed by atoms with Crippen LogP contribution >= 0.6 is 11.6 Å². The number of nitrogens with one attached hydrogen (secondary N) is 1. The van der Waals surface area contributed by atoms with Gasteiger partial charge in [0.05, 0.1) is 29.8 Å². The Morgan fingerprint density at radius 2 is 2.09 bits per heavy atom. The lowest BCUT2D eigenvalue weighted by molar-refractivity contribution is 0.142. The summed E-state index contributed by atoms with van der Waals surface area (Å²) in [7, 11) is -3.75. The maximum Gasteiger partial charge on any atom is 0.243 e. The smallest absolute Gasteiger partial charge is 0.243 e. The molecular formula is C15H18ClN3O3S. The van der Waals surface area contributed by atoms with Crippen molar-refractivity contribution >= 4 is 21.6 Å². The quantitative estimate of drug-likeness (QED) is 0.879. The zero-order valence-electron chi connectivity index (χ0n) is 12.6. The molecule has 2 unspecified atom stereocenters. The van der Waals surface area contributed by atoms with Crippen molar-refractivity contribution < 1.29 is 13.5 Å². The number of hydrogen-bond donors (Lipinski definition) is 2. The van der Waals surface area contributed by atoms with E-state index in [4.69, 9.17) is 11.6 Å². The maximum absolute atomic E-state index is 13.1. The lowest BCUT2D eigenvalue weighted by Crippen LogP contribution is -2.48. The third kappa shape index (κ3) is 2.78. The highest BCUT2D eigenvalue weighted by molar-refractivity contribution is 7.89. The lowest BCUT2D eigenvalue weighted by Gasteiger charge is -2.39. The Bertz CT molecular complexity index is 789. The molecule has 0 saturated carbocycles. The van der Waals surface area contributed by atoms with Gasteiger partial charge in [0.1, 0.15) is 0 Å². The van der Waals surface area contributed by atoms with Crippen LogP contribution in [0.1, 0.15) is 30.6 Å². The normalized spacial score (nSPS) is 22.0. The first-order valence-corrected chi connectivity index (χ1v) is 9.23. The maximum atomic E-state index is 13.1. The van der Waals surface area contributed by atoms with Crippen molar-refractivity contribution in [3.05, 3.63) is 46.7 Å². The fourth-order valence-corrected chi connectivity index (χ4v) is 5.11. The van der Waals surface area contributed by atoms with Crippen LogP contribution in [0.2, 0.25) is 5.02 Å². The number of hydrogen-bond acceptors (Lipinski definition) is 4. The van der Waals surface area contributed by atoms with Gasteiger partial charge in [-0.3, -0.25) is 5.10 Å². The number of aromatic nitrogens is 2. The summed E-state index contributed by atoms with van der Waals surface area (Å²) in [4.78, 5) is 0.172. The van der Waals surface area contributed by atoms with E-state index in [0.717, 1.165) is 11.3 Å². The number of aliphatic hydroxyl groups excluding tert-OH is 1. The Hall–Kier alpha value is -1.41. The minimum atomic E-state index is -3.75. The van der Waals surface area contributed by atoms with Crippen molar-refractivity contribution in [2.45, 2.75) is 36.7 Å². The van der Waals surface area contributed by atoms with Gasteiger partial charge in [-0.2, -0.15) is 9.40 Å². The van der Waals surface area contributed by atoms with Crippen LogP contribution in [0, 0.1) is 0 Å². The molecule has 0 spiro atoms. The molecule has 23 heavy (non-hydrogen) atoms. The topological polar surface area (TPSA) is 86.3 Å². The first kappa shape index (κ1) is 16.4. The summed E-state index contributed by atoms with van der Waals surface area (Å²) >= 11 is 5.85. The fraction of sp³-hybridized carbons (Fsp3) is 0.400. The predicted molar refractivity (Wildman–Crippen MR) is 86.7 cm³/mol. The zero-order valence-corrected chi connectivity index (χ0v) is 14.2. The molecule has 2 atom stereocenters. The van der Waals surface area contributed by atoms with Gasteiger partial charge in [0.25, 0.3) is 0 Å². The van der Waals surface area contributed by atoms with Crippen molar-refractivity contribution in [1.29, 1.82) is 0 Å². The molecule has 1 aromatic carbocycles. The summed E-state index contributed by atoms with van der Waals surface area (Å²) in [5.74, 6) is 0. The molecule has 2 heterocycles. The van der Waals surface area contributed by atoms with Gasteiger partial charge in [-0.25, -0.2) is 8.42 Å². The van der Waals surface area contributed by atoms with Crippen molar-refractivity contribution in [2.75, 3.05) is 6.61 Å². The number of H-pyrrole nitrogens is 1. The summed E-state index contributed by atoms with van der Waals surface area (Å²) in [6.07, 6.45) is 2.67. The Balaban J connectivity index is 2.09. The molecule has 6 nitrogen and oxygen atoms in total. The first-order chi connectivity index (χ1) is 11.0. The molecule has 0 aliphatic carbocycles. The third-order valence-corrected chi connectivity index (χ3v) is 6.43. The predicted octanol–water partition coefficient (Wildman–Crippen LogP) is 2.12. The Kier molecular flexibility index (Phi) is 4.46. The standard InChI is InChI=1S/C15H18ClN3O3S/c1-2-15-13-8-17-18-14(13)7-11(9-20)19(15)23(21,22)12-5-3-10(16)4-6-12/h3-6,8,11,15,20H,2,7,9H2,1H3,(H,17,18). The molecule has 2 N–H and O–H groups in total. The van der Waals surface area contributed by atoms with E-state index in [9.17, 15) is 13.5 Å². The summed E-state index contributed by atoms with van der Waals surface area (Å²) in [5, 5.41) is 17.1. The second kappa shape index (κ2) is 6.24. The van der Waals surface area contributed by atoms with Crippen molar-refractivity contribution in [1.82, 2.24) is 14.5 Å². The van der Waals surface area contributed by atoms with E-state index in [1.807, 2.05) is 6.92 Å². The van der Waals surface area contributed by atoms with Crippen LogP contribution in [-0.4, -0.2) is 40.7 Å². The third-order valence-electron chi connectivity index (χ3n) is 4.20. The molecule has 0 fully saturated rings. The second-order valence-electron chi connectivity index (χ2n) is 5.56. The number of benzene rings is 1. The molecule has 2 aromatic rings. The molecule has 8 heteroatoms. The Labute approximate surface area is 140 Å². The van der Waals surface area contributed by atoms with Crippen molar-refractivity contribution in [2.24, 2.45) is 0 Å². The van der Waals surface area contributed by atoms with Gasteiger partial charge < -0.3 is 5.11 Å². The number of halogens is 1. The second-order valence-corrected chi connectivity index (χ2v) is 7.84. The summed E-state index contributed by atoms with van der Waals surface area (Å²) < 4.78 is 27.6. The van der Waals surface area contributed by atoms with Gasteiger partial charge in [0.2, 0.25) is 10.0 Å². The van der Waals surface area contributed by atoms with E-state index in [0.29, 0.717) is 17.9 Å². The molecular weight excluding hydrogens is 338 g/mol. The van der Waals surface area contributed by atoms with E-state index < -0.39 is 16.1 Å². The van der Waals surface area contributed by atoms with Crippen LogP contribution in [0.5, 0.6) is 0 Å². The fourth-order valence-electron chi connectivity index (χ4n) is 3.13. The van der Waals surface area contributed by atoms with Crippen molar-refractivity contribution in [3.63, 3.8) is 0 Å². The molecule has 124 valence electrons. The largest absolute Gasteiger partial charge is 0.395 e. The van der Waals surface area contributed by atoms with Gasteiger partial charge in [0, 0.05) is 22.7 Å². The number of nitrogens with zero attached hydrogens (tertiary/aromatic N) is 2. The van der Waals surface area contributed by atoms with Gasteiger partial charge in [0.15, 0.2) is 0 Å². The van der Waals surface area contributed by atoms with Gasteiger partial charge in [-0.1, -0.05) is 18.5 Å². The monoisotopic (exact) mass is 355 g/mol. The van der Waals surface area contributed by atoms with Gasteiger partial charge >= 0.3 is 0 Å². The molecule has 3 rings (SSSR count). The Morgan fingerprint density at radius 3 is 2.70 bits per heavy atom. The highest BCUT2D eigenvalue weighted by Crippen LogP contribution is 2.38. The zero-order chi connectivity index (χ0) is 16.6. The summed E-state index contributed by atoms with van der Waals surface area (Å²) in [6, 6.07) is 5.21. The molecule has 1 aliphatic rings. The van der Waals surface area contributed by atoms with Crippen molar-refractivity contribution in [3.8, 4) is 0 Å². The molecule has 0 amide bonds. The molecule has 0 bridgehead atoms. The highest BCUT2D eigenvalue weighted by Gasteiger charge is 2.42. The molecule has 1 aromatic heterocycles. The van der Waals surface area contributed by atoms with Crippen LogP contribution in [0.4, 0.5) is 0 Å². The van der Waals surface area contributed by atoms with Crippen LogP contribution in [-0.2, 0) is 16.4 Å². The summed E-state index contributed by atoms with van der Waals surface area (Å²) in [6.45, 7) is 1.67. The molecule has 0 saturated heterocycles. The highest BCUT2D eigenvalue weighted by atomic mass is 35.5. The van der Waals surface area contributed by atoms with Crippen LogP contribution in [0.25, 0.3) is 0 Å². The SMILES string of the molecule is CCC1c2cn[nH]c2CC(CO)N1S(=O)(=O)c1ccc(Cl)cc1. The number of fused-ring (bicyclic) bond motifs is 1. The van der Waals surface area contributed by atoms with Crippen LogP contribution < -0.4 is 0 Å². The van der Waals surface area contributed by atoms with E-state index in [2.05, 4.69) is 10.2 Å². The first-order valence-electron chi connectivity index (χ1n) is 7.41. The molecule has 0 radical (unpaired) electrons. The van der Waals surface area contributed by atoms with Gasteiger partial charge in [-0.15, -0.1) is 0 Å². The van der Waals surface area contributed by atoms with Gasteiger partial charge in [-0.05, 0) is 30.7 Å². The number of aliphatic hydroxyl groups is 1. The average Bonchev–Trinajstić information content (AvgIpc) is 3.01.